The number of hydrogen-bond donors (Lipinski definition) is 3. The van der Waals surface area contributed by atoms with E-state index in [2.05, 4.69) is 26.7 Å². The van der Waals surface area contributed by atoms with Crippen molar-refractivity contribution in [2.75, 3.05) is 17.2 Å². The van der Waals surface area contributed by atoms with Crippen molar-refractivity contribution in [3.63, 3.8) is 0 Å². The molecule has 128 valence electrons. The molecule has 2 aromatic carbocycles. The molecule has 0 bridgehead atoms. The van der Waals surface area contributed by atoms with Crippen LogP contribution in [0.25, 0.3) is 0 Å². The van der Waals surface area contributed by atoms with Gasteiger partial charge in [-0.2, -0.15) is 4.98 Å². The molecule has 0 aliphatic rings. The summed E-state index contributed by atoms with van der Waals surface area (Å²) >= 11 is 0. The van der Waals surface area contributed by atoms with E-state index >= 15 is 0 Å². The lowest BCUT2D eigenvalue weighted by molar-refractivity contribution is 0.276. The molecule has 0 saturated carbocycles. The fourth-order valence-corrected chi connectivity index (χ4v) is 2.57. The highest BCUT2D eigenvalue weighted by Crippen LogP contribution is 2.20. The summed E-state index contributed by atoms with van der Waals surface area (Å²) in [5.41, 5.74) is 4.31. The van der Waals surface area contributed by atoms with E-state index in [1.807, 2.05) is 56.3 Å². The average Bonchev–Trinajstić information content (AvgIpc) is 2.62. The number of aliphatic hydroxyl groups excluding tert-OH is 1. The van der Waals surface area contributed by atoms with Gasteiger partial charge in [0, 0.05) is 11.9 Å². The molecule has 0 amide bonds. The maximum Gasteiger partial charge on any atom is 0.229 e. The molecular weight excluding hydrogens is 312 g/mol. The number of nitrogens with one attached hydrogen (secondary N) is 2. The summed E-state index contributed by atoms with van der Waals surface area (Å²) in [5, 5.41) is 16.2. The first-order valence-corrected chi connectivity index (χ1v) is 8.25. The topological polar surface area (TPSA) is 70.1 Å². The van der Waals surface area contributed by atoms with Gasteiger partial charge in [-0.15, -0.1) is 0 Å². The highest BCUT2D eigenvalue weighted by molar-refractivity contribution is 5.55. The van der Waals surface area contributed by atoms with Crippen LogP contribution in [-0.4, -0.2) is 21.7 Å². The van der Waals surface area contributed by atoms with E-state index < -0.39 is 0 Å². The molecule has 0 aliphatic heterocycles. The Hall–Kier alpha value is -2.92. The molecule has 5 heteroatoms. The Balaban J connectivity index is 1.75. The summed E-state index contributed by atoms with van der Waals surface area (Å²) in [6.45, 7) is 4.06. The highest BCUT2D eigenvalue weighted by Gasteiger charge is 2.11. The lowest BCUT2D eigenvalue weighted by Crippen LogP contribution is -2.16. The molecule has 0 fully saturated rings. The summed E-state index contributed by atoms with van der Waals surface area (Å²) in [6, 6.07) is 17.7. The molecule has 5 nitrogen and oxygen atoms in total. The Bertz CT molecular complexity index is 833. The van der Waals surface area contributed by atoms with E-state index in [1.165, 1.54) is 5.56 Å². The summed E-state index contributed by atoms with van der Waals surface area (Å²) in [7, 11) is 0. The number of rotatable bonds is 6. The molecule has 0 spiro atoms. The molecule has 25 heavy (non-hydrogen) atoms. The third-order valence-corrected chi connectivity index (χ3v) is 3.91. The summed E-state index contributed by atoms with van der Waals surface area (Å²) in [4.78, 5) is 8.73. The summed E-state index contributed by atoms with van der Waals surface area (Å²) < 4.78 is 0. The van der Waals surface area contributed by atoms with Crippen LogP contribution in [0.5, 0.6) is 0 Å². The van der Waals surface area contributed by atoms with Gasteiger partial charge >= 0.3 is 0 Å². The van der Waals surface area contributed by atoms with E-state index in [1.54, 1.807) is 12.3 Å². The maximum atomic E-state index is 9.74. The summed E-state index contributed by atoms with van der Waals surface area (Å²) in [6.07, 6.45) is 1.69. The fraction of sp³-hybridized carbons (Fsp3) is 0.200. The molecular formula is C20H22N4O. The van der Waals surface area contributed by atoms with Crippen molar-refractivity contribution < 1.29 is 5.11 Å². The van der Waals surface area contributed by atoms with Crippen molar-refractivity contribution >= 4 is 17.5 Å². The number of aliphatic hydroxyl groups is 1. The van der Waals surface area contributed by atoms with Crippen molar-refractivity contribution in [2.24, 2.45) is 0 Å². The molecule has 0 radical (unpaired) electrons. The predicted molar refractivity (Wildman–Crippen MR) is 101 cm³/mol. The van der Waals surface area contributed by atoms with Crippen LogP contribution in [0.4, 0.5) is 17.5 Å². The standard InChI is InChI=1S/C20H22N4O/c1-14-6-8-17(9-7-14)22-20-21-11-10-19(24-20)23-18(13-25)16-5-3-4-15(2)12-16/h3-12,18,25H,13H2,1-2H3,(H2,21,22,23,24). The highest BCUT2D eigenvalue weighted by atomic mass is 16.3. The number of hydrogen-bond acceptors (Lipinski definition) is 5. The number of benzene rings is 2. The van der Waals surface area contributed by atoms with E-state index in [-0.39, 0.29) is 12.6 Å². The van der Waals surface area contributed by atoms with Gasteiger partial charge in [-0.25, -0.2) is 4.98 Å². The van der Waals surface area contributed by atoms with Gasteiger partial charge in [-0.1, -0.05) is 47.5 Å². The van der Waals surface area contributed by atoms with Crippen LogP contribution in [0.1, 0.15) is 22.7 Å². The monoisotopic (exact) mass is 334 g/mol. The second-order valence-electron chi connectivity index (χ2n) is 6.05. The van der Waals surface area contributed by atoms with E-state index in [9.17, 15) is 5.11 Å². The molecule has 3 rings (SSSR count). The Morgan fingerprint density at radius 3 is 2.52 bits per heavy atom. The van der Waals surface area contributed by atoms with Crippen molar-refractivity contribution in [3.8, 4) is 0 Å². The van der Waals surface area contributed by atoms with E-state index in [4.69, 9.17) is 0 Å². The summed E-state index contributed by atoms with van der Waals surface area (Å²) in [5.74, 6) is 1.17. The minimum Gasteiger partial charge on any atom is -0.394 e. The average molecular weight is 334 g/mol. The van der Waals surface area contributed by atoms with Crippen LogP contribution < -0.4 is 10.6 Å². The zero-order valence-corrected chi connectivity index (χ0v) is 14.4. The molecule has 1 aromatic heterocycles. The first kappa shape index (κ1) is 16.9. The molecule has 1 atom stereocenters. The molecule has 0 saturated heterocycles. The number of anilines is 3. The Kier molecular flexibility index (Phi) is 5.26. The Morgan fingerprint density at radius 1 is 1.00 bits per heavy atom. The number of nitrogens with zero attached hydrogens (tertiary/aromatic N) is 2. The smallest absolute Gasteiger partial charge is 0.229 e. The first-order valence-electron chi connectivity index (χ1n) is 8.25. The molecule has 3 N–H and O–H groups in total. The normalized spacial score (nSPS) is 11.8. The molecule has 1 heterocycles. The third kappa shape index (κ3) is 4.55. The quantitative estimate of drug-likeness (QED) is 0.636. The predicted octanol–water partition coefficient (Wildman–Crippen LogP) is 3.98. The maximum absolute atomic E-state index is 9.74. The number of aromatic nitrogens is 2. The van der Waals surface area contributed by atoms with E-state index in [0.717, 1.165) is 16.8 Å². The minimum atomic E-state index is -0.220. The van der Waals surface area contributed by atoms with Crippen LogP contribution in [0.2, 0.25) is 0 Å². The van der Waals surface area contributed by atoms with Crippen LogP contribution in [-0.2, 0) is 0 Å². The number of aryl methyl sites for hydroxylation is 2. The Labute approximate surface area is 147 Å². The second-order valence-corrected chi connectivity index (χ2v) is 6.05. The molecule has 0 aliphatic carbocycles. The van der Waals surface area contributed by atoms with Crippen molar-refractivity contribution in [1.29, 1.82) is 0 Å². The van der Waals surface area contributed by atoms with Crippen LogP contribution in [0.3, 0.4) is 0 Å². The van der Waals surface area contributed by atoms with Gasteiger partial charge in [-0.05, 0) is 37.6 Å². The lowest BCUT2D eigenvalue weighted by Gasteiger charge is -2.18. The lowest BCUT2D eigenvalue weighted by atomic mass is 10.1. The van der Waals surface area contributed by atoms with Gasteiger partial charge < -0.3 is 15.7 Å². The SMILES string of the molecule is Cc1ccc(Nc2nccc(NC(CO)c3cccc(C)c3)n2)cc1. The van der Waals surface area contributed by atoms with Gasteiger partial charge in [0.25, 0.3) is 0 Å². The molecule has 1 unspecified atom stereocenters. The Morgan fingerprint density at radius 2 is 1.80 bits per heavy atom. The van der Waals surface area contributed by atoms with Gasteiger partial charge in [0.05, 0.1) is 12.6 Å². The van der Waals surface area contributed by atoms with Gasteiger partial charge in [-0.3, -0.25) is 0 Å². The van der Waals surface area contributed by atoms with Crippen molar-refractivity contribution in [3.05, 3.63) is 77.5 Å². The fourth-order valence-electron chi connectivity index (χ4n) is 2.57. The second kappa shape index (κ2) is 7.77. The van der Waals surface area contributed by atoms with Crippen LogP contribution in [0.15, 0.2) is 60.8 Å². The zero-order valence-electron chi connectivity index (χ0n) is 14.4. The zero-order chi connectivity index (χ0) is 17.6. The largest absolute Gasteiger partial charge is 0.394 e. The van der Waals surface area contributed by atoms with Crippen LogP contribution >= 0.6 is 0 Å². The van der Waals surface area contributed by atoms with Gasteiger partial charge in [0.1, 0.15) is 5.82 Å². The minimum absolute atomic E-state index is 0.0197. The molecule has 3 aromatic rings. The van der Waals surface area contributed by atoms with Gasteiger partial charge in [0.15, 0.2) is 0 Å². The van der Waals surface area contributed by atoms with Crippen LogP contribution in [0, 0.1) is 13.8 Å². The van der Waals surface area contributed by atoms with Gasteiger partial charge in [0.2, 0.25) is 5.95 Å². The first-order chi connectivity index (χ1) is 12.1. The third-order valence-electron chi connectivity index (χ3n) is 3.91. The van der Waals surface area contributed by atoms with E-state index in [0.29, 0.717) is 11.8 Å². The van der Waals surface area contributed by atoms with Crippen molar-refractivity contribution in [1.82, 2.24) is 9.97 Å². The van der Waals surface area contributed by atoms with Crippen molar-refractivity contribution in [2.45, 2.75) is 19.9 Å².